The summed E-state index contributed by atoms with van der Waals surface area (Å²) in [7, 11) is 0. The normalized spacial score (nSPS) is 10.4. The third kappa shape index (κ3) is 2.46. The Morgan fingerprint density at radius 2 is 1.56 bits per heavy atom. The van der Waals surface area contributed by atoms with Gasteiger partial charge in [0.25, 0.3) is 0 Å². The number of nitrogen functional groups attached to an aromatic ring is 1. The first-order chi connectivity index (χ1) is 8.50. The molecule has 2 aromatic carbocycles. The number of hydrogen-bond acceptors (Lipinski definition) is 2. The second-order valence-corrected chi connectivity index (χ2v) is 4.91. The Morgan fingerprint density at radius 3 is 2.11 bits per heavy atom. The molecule has 2 aromatic rings. The summed E-state index contributed by atoms with van der Waals surface area (Å²) in [6.45, 7) is 0. The molecule has 92 valence electrons. The van der Waals surface area contributed by atoms with E-state index in [0.29, 0.717) is 16.3 Å². The van der Waals surface area contributed by atoms with Gasteiger partial charge in [0.2, 0.25) is 0 Å². The Balaban J connectivity index is 2.57. The van der Waals surface area contributed by atoms with Crippen molar-refractivity contribution in [2.75, 3.05) is 5.73 Å². The average Bonchev–Trinajstić information content (AvgIpc) is 2.27. The molecule has 0 spiro atoms. The number of rotatable bonds is 2. The van der Waals surface area contributed by atoms with Crippen LogP contribution < -0.4 is 5.73 Å². The minimum absolute atomic E-state index is 0.209. The molecular formula is C13H8Cl3NO. The molecule has 0 fully saturated rings. The number of ketones is 1. The van der Waals surface area contributed by atoms with Crippen LogP contribution in [0.2, 0.25) is 15.1 Å². The molecule has 2 rings (SSSR count). The highest BCUT2D eigenvalue weighted by Crippen LogP contribution is 2.31. The number of halogens is 3. The number of anilines is 1. The molecule has 2 nitrogen and oxygen atoms in total. The van der Waals surface area contributed by atoms with Crippen molar-refractivity contribution in [2.24, 2.45) is 0 Å². The maximum Gasteiger partial charge on any atom is 0.198 e. The fourth-order valence-electron chi connectivity index (χ4n) is 1.60. The second kappa shape index (κ2) is 5.19. The lowest BCUT2D eigenvalue weighted by atomic mass is 10.0. The number of nitrogens with two attached hydrogens (primary N) is 1. The van der Waals surface area contributed by atoms with E-state index in [-0.39, 0.29) is 21.4 Å². The summed E-state index contributed by atoms with van der Waals surface area (Å²) in [5.74, 6) is -0.320. The smallest absolute Gasteiger partial charge is 0.198 e. The number of hydrogen-bond donors (Lipinski definition) is 1. The first-order valence-corrected chi connectivity index (χ1v) is 6.18. The van der Waals surface area contributed by atoms with Crippen molar-refractivity contribution < 1.29 is 4.79 Å². The number of para-hydroxylation sites is 1. The first kappa shape index (κ1) is 13.2. The molecule has 0 saturated heterocycles. The van der Waals surface area contributed by atoms with E-state index in [2.05, 4.69) is 0 Å². The molecule has 2 N–H and O–H groups in total. The summed E-state index contributed by atoms with van der Waals surface area (Å²) in [4.78, 5) is 12.3. The molecule has 0 radical (unpaired) electrons. The monoisotopic (exact) mass is 299 g/mol. The van der Waals surface area contributed by atoms with E-state index < -0.39 is 0 Å². The quantitative estimate of drug-likeness (QED) is 0.657. The third-order valence-corrected chi connectivity index (χ3v) is 3.25. The summed E-state index contributed by atoms with van der Waals surface area (Å²) in [6.07, 6.45) is 0. The van der Waals surface area contributed by atoms with Gasteiger partial charge in [-0.15, -0.1) is 0 Å². The van der Waals surface area contributed by atoms with Gasteiger partial charge in [0.1, 0.15) is 0 Å². The van der Waals surface area contributed by atoms with E-state index in [4.69, 9.17) is 40.5 Å². The average molecular weight is 301 g/mol. The van der Waals surface area contributed by atoms with E-state index in [9.17, 15) is 4.79 Å². The molecule has 5 heteroatoms. The van der Waals surface area contributed by atoms with E-state index in [0.717, 1.165) is 0 Å². The summed E-state index contributed by atoms with van der Waals surface area (Å²) in [6, 6.07) is 9.69. The minimum atomic E-state index is -0.320. The van der Waals surface area contributed by atoms with Crippen molar-refractivity contribution in [2.45, 2.75) is 0 Å². The van der Waals surface area contributed by atoms with Gasteiger partial charge < -0.3 is 5.73 Å². The summed E-state index contributed by atoms with van der Waals surface area (Å²) in [5.41, 5.74) is 6.71. The van der Waals surface area contributed by atoms with Crippen LogP contribution in [0.1, 0.15) is 15.9 Å². The molecule has 0 amide bonds. The van der Waals surface area contributed by atoms with Crippen LogP contribution >= 0.6 is 34.8 Å². The van der Waals surface area contributed by atoms with Gasteiger partial charge in [-0.2, -0.15) is 0 Å². The SMILES string of the molecule is Nc1ccccc1C(=O)c1c(Cl)cc(Cl)cc1Cl. The maximum atomic E-state index is 12.3. The van der Waals surface area contributed by atoms with Gasteiger partial charge in [-0.05, 0) is 24.3 Å². The molecule has 0 aliphatic carbocycles. The van der Waals surface area contributed by atoms with Crippen molar-refractivity contribution in [3.8, 4) is 0 Å². The molecule has 0 heterocycles. The zero-order valence-electron chi connectivity index (χ0n) is 9.08. The molecular weight excluding hydrogens is 293 g/mol. The zero-order chi connectivity index (χ0) is 13.3. The van der Waals surface area contributed by atoms with Crippen LogP contribution in [0.4, 0.5) is 5.69 Å². The van der Waals surface area contributed by atoms with Crippen LogP contribution in [0.5, 0.6) is 0 Å². The van der Waals surface area contributed by atoms with Gasteiger partial charge in [0.15, 0.2) is 5.78 Å². The highest BCUT2D eigenvalue weighted by molar-refractivity contribution is 6.43. The predicted molar refractivity (Wildman–Crippen MR) is 75.8 cm³/mol. The topological polar surface area (TPSA) is 43.1 Å². The highest BCUT2D eigenvalue weighted by Gasteiger charge is 2.19. The number of benzene rings is 2. The van der Waals surface area contributed by atoms with Crippen LogP contribution in [0.3, 0.4) is 0 Å². The molecule has 0 unspecified atom stereocenters. The van der Waals surface area contributed by atoms with Crippen LogP contribution in [-0.2, 0) is 0 Å². The zero-order valence-corrected chi connectivity index (χ0v) is 11.4. The van der Waals surface area contributed by atoms with Gasteiger partial charge >= 0.3 is 0 Å². The minimum Gasteiger partial charge on any atom is -0.398 e. The highest BCUT2D eigenvalue weighted by atomic mass is 35.5. The molecule has 0 atom stereocenters. The van der Waals surface area contributed by atoms with Crippen molar-refractivity contribution in [1.82, 2.24) is 0 Å². The lowest BCUT2D eigenvalue weighted by molar-refractivity contribution is 0.104. The first-order valence-electron chi connectivity index (χ1n) is 5.04. The Hall–Kier alpha value is -1.22. The molecule has 0 saturated carbocycles. The van der Waals surface area contributed by atoms with Crippen molar-refractivity contribution in [1.29, 1.82) is 0 Å². The molecule has 0 bridgehead atoms. The Morgan fingerprint density at radius 1 is 1.00 bits per heavy atom. The standard InChI is InChI=1S/C13H8Cl3NO/c14-7-5-9(15)12(10(16)6-7)13(18)8-3-1-2-4-11(8)17/h1-6H,17H2. The fourth-order valence-corrected chi connectivity index (χ4v) is 2.59. The van der Waals surface area contributed by atoms with Crippen LogP contribution in [-0.4, -0.2) is 5.78 Å². The summed E-state index contributed by atoms with van der Waals surface area (Å²) in [5, 5.41) is 0.795. The van der Waals surface area contributed by atoms with Crippen LogP contribution in [0.15, 0.2) is 36.4 Å². The number of carbonyl (C=O) groups excluding carboxylic acids is 1. The van der Waals surface area contributed by atoms with Crippen molar-refractivity contribution >= 4 is 46.3 Å². The molecule has 0 aromatic heterocycles. The van der Waals surface area contributed by atoms with Gasteiger partial charge in [-0.1, -0.05) is 46.9 Å². The molecule has 0 aliphatic rings. The van der Waals surface area contributed by atoms with Crippen LogP contribution in [0.25, 0.3) is 0 Å². The Bertz CT molecular complexity index is 602. The number of carbonyl (C=O) groups is 1. The van der Waals surface area contributed by atoms with E-state index in [1.54, 1.807) is 24.3 Å². The molecule has 0 aliphatic heterocycles. The summed E-state index contributed by atoms with van der Waals surface area (Å²) < 4.78 is 0. The lowest BCUT2D eigenvalue weighted by Gasteiger charge is -2.08. The Labute approximate surface area is 119 Å². The van der Waals surface area contributed by atoms with Crippen molar-refractivity contribution in [3.05, 3.63) is 62.6 Å². The van der Waals surface area contributed by atoms with E-state index >= 15 is 0 Å². The van der Waals surface area contributed by atoms with E-state index in [1.165, 1.54) is 12.1 Å². The largest absolute Gasteiger partial charge is 0.398 e. The lowest BCUT2D eigenvalue weighted by Crippen LogP contribution is -2.06. The van der Waals surface area contributed by atoms with E-state index in [1.807, 2.05) is 0 Å². The second-order valence-electron chi connectivity index (χ2n) is 3.66. The van der Waals surface area contributed by atoms with Gasteiger partial charge in [0.05, 0.1) is 15.6 Å². The Kier molecular flexibility index (Phi) is 3.81. The van der Waals surface area contributed by atoms with Gasteiger partial charge in [-0.3, -0.25) is 4.79 Å². The fraction of sp³-hybridized carbons (Fsp3) is 0. The molecule has 18 heavy (non-hydrogen) atoms. The maximum absolute atomic E-state index is 12.3. The van der Waals surface area contributed by atoms with Crippen molar-refractivity contribution in [3.63, 3.8) is 0 Å². The van der Waals surface area contributed by atoms with Gasteiger partial charge in [0, 0.05) is 16.3 Å². The van der Waals surface area contributed by atoms with Crippen LogP contribution in [0, 0.1) is 0 Å². The third-order valence-electron chi connectivity index (χ3n) is 2.44. The predicted octanol–water partition coefficient (Wildman–Crippen LogP) is 4.46. The summed E-state index contributed by atoms with van der Waals surface area (Å²) >= 11 is 17.8. The van der Waals surface area contributed by atoms with Gasteiger partial charge in [-0.25, -0.2) is 0 Å².